The minimum Gasteiger partial charge on any atom is -0.469 e. The van der Waals surface area contributed by atoms with Crippen LogP contribution in [-0.2, 0) is 23.8 Å². The summed E-state index contributed by atoms with van der Waals surface area (Å²) in [5.74, 6) is -0.565. The van der Waals surface area contributed by atoms with Crippen LogP contribution in [0.15, 0.2) is 12.7 Å². The van der Waals surface area contributed by atoms with Gasteiger partial charge in [-0.15, -0.1) is 6.58 Å². The van der Waals surface area contributed by atoms with E-state index < -0.39 is 5.79 Å². The van der Waals surface area contributed by atoms with Gasteiger partial charge in [-0.2, -0.15) is 0 Å². The molecule has 2 aliphatic rings. The van der Waals surface area contributed by atoms with Crippen LogP contribution < -0.4 is 0 Å². The van der Waals surface area contributed by atoms with Crippen molar-refractivity contribution in [1.82, 2.24) is 0 Å². The predicted octanol–water partition coefficient (Wildman–Crippen LogP) is 3.56. The van der Waals surface area contributed by atoms with Crippen molar-refractivity contribution in [3.63, 3.8) is 0 Å². The van der Waals surface area contributed by atoms with Crippen molar-refractivity contribution in [3.05, 3.63) is 12.7 Å². The van der Waals surface area contributed by atoms with Crippen molar-refractivity contribution in [2.75, 3.05) is 7.11 Å². The predicted molar refractivity (Wildman–Crippen MR) is 90.4 cm³/mol. The van der Waals surface area contributed by atoms with Gasteiger partial charge in [0, 0.05) is 31.6 Å². The number of methoxy groups -OCH3 is 1. The molecular formula is C19H30O5. The minimum atomic E-state index is -0.558. The third-order valence-electron chi connectivity index (χ3n) is 5.06. The van der Waals surface area contributed by atoms with Crippen LogP contribution in [0.3, 0.4) is 0 Å². The Labute approximate surface area is 144 Å². The summed E-state index contributed by atoms with van der Waals surface area (Å²) >= 11 is 0. The van der Waals surface area contributed by atoms with E-state index in [0.717, 1.165) is 25.7 Å². The number of ketones is 1. The second-order valence-electron chi connectivity index (χ2n) is 7.04. The fourth-order valence-corrected chi connectivity index (χ4v) is 3.68. The lowest BCUT2D eigenvalue weighted by atomic mass is 9.95. The molecule has 5 nitrogen and oxygen atoms in total. The Bertz CT molecular complexity index is 453. The average Bonchev–Trinajstić information content (AvgIpc) is 2.99. The molecule has 2 unspecified atom stereocenters. The van der Waals surface area contributed by atoms with Crippen LogP contribution >= 0.6 is 0 Å². The van der Waals surface area contributed by atoms with E-state index in [1.807, 2.05) is 6.92 Å². The van der Waals surface area contributed by atoms with E-state index in [9.17, 15) is 9.59 Å². The van der Waals surface area contributed by atoms with Gasteiger partial charge >= 0.3 is 5.97 Å². The van der Waals surface area contributed by atoms with E-state index in [0.29, 0.717) is 25.7 Å². The summed E-state index contributed by atoms with van der Waals surface area (Å²) in [5.41, 5.74) is 0. The molecule has 24 heavy (non-hydrogen) atoms. The molecule has 1 spiro atoms. The molecule has 0 bridgehead atoms. The van der Waals surface area contributed by atoms with E-state index in [2.05, 4.69) is 6.58 Å². The SMILES string of the molecule is C=CC[C@@H](C)C(=O)CCC1CC(CC(=O)OC)OC2(CCCC2)O1. The molecular weight excluding hydrogens is 308 g/mol. The molecule has 1 saturated heterocycles. The first kappa shape index (κ1) is 19.1. The van der Waals surface area contributed by atoms with Gasteiger partial charge in [0.2, 0.25) is 0 Å². The maximum atomic E-state index is 12.2. The third kappa shape index (κ3) is 5.15. The Balaban J connectivity index is 1.93. The molecule has 1 aliphatic heterocycles. The van der Waals surface area contributed by atoms with Gasteiger partial charge in [0.15, 0.2) is 5.79 Å². The molecule has 0 aromatic rings. The second kappa shape index (κ2) is 8.77. The first-order valence-electron chi connectivity index (χ1n) is 9.04. The molecule has 136 valence electrons. The zero-order valence-corrected chi connectivity index (χ0v) is 14.9. The van der Waals surface area contributed by atoms with Crippen LogP contribution in [0.5, 0.6) is 0 Å². The highest BCUT2D eigenvalue weighted by Gasteiger charge is 2.45. The van der Waals surface area contributed by atoms with Gasteiger partial charge in [0.25, 0.3) is 0 Å². The van der Waals surface area contributed by atoms with Crippen LogP contribution in [0.25, 0.3) is 0 Å². The maximum absolute atomic E-state index is 12.2. The topological polar surface area (TPSA) is 61.8 Å². The summed E-state index contributed by atoms with van der Waals surface area (Å²) in [7, 11) is 1.39. The summed E-state index contributed by atoms with van der Waals surface area (Å²) in [6, 6.07) is 0. The molecule has 2 fully saturated rings. The molecule has 1 aliphatic carbocycles. The number of carbonyl (C=O) groups is 2. The summed E-state index contributed by atoms with van der Waals surface area (Å²) < 4.78 is 17.1. The Hall–Kier alpha value is -1.20. The molecule has 0 N–H and O–H groups in total. The van der Waals surface area contributed by atoms with Gasteiger partial charge in [-0.05, 0) is 25.7 Å². The van der Waals surface area contributed by atoms with E-state index in [1.165, 1.54) is 7.11 Å². The highest BCUT2D eigenvalue weighted by molar-refractivity contribution is 5.80. The average molecular weight is 338 g/mol. The normalized spacial score (nSPS) is 26.9. The van der Waals surface area contributed by atoms with Gasteiger partial charge in [-0.1, -0.05) is 13.0 Å². The molecule has 1 saturated carbocycles. The number of Topliss-reactive ketones (excluding diaryl/α,β-unsaturated/α-hetero) is 1. The Morgan fingerprint density at radius 1 is 1.29 bits per heavy atom. The highest BCUT2D eigenvalue weighted by atomic mass is 16.7. The van der Waals surface area contributed by atoms with Gasteiger partial charge in [0.1, 0.15) is 5.78 Å². The summed E-state index contributed by atoms with van der Waals surface area (Å²) in [6.07, 6.45) is 8.23. The number of hydrogen-bond donors (Lipinski definition) is 0. The van der Waals surface area contributed by atoms with Crippen LogP contribution in [0.4, 0.5) is 0 Å². The maximum Gasteiger partial charge on any atom is 0.308 e. The third-order valence-corrected chi connectivity index (χ3v) is 5.06. The zero-order valence-electron chi connectivity index (χ0n) is 14.9. The Kier molecular flexibility index (Phi) is 6.99. The molecule has 0 radical (unpaired) electrons. The fourth-order valence-electron chi connectivity index (χ4n) is 3.68. The standard InChI is InChI=1S/C19H30O5/c1-4-7-14(2)17(20)9-8-15-12-16(13-18(21)22-3)24-19(23-15)10-5-6-11-19/h4,14-16H,1,5-13H2,2-3H3/t14-,15?,16?/m1/s1. The van der Waals surface area contributed by atoms with Crippen molar-refractivity contribution < 1.29 is 23.8 Å². The van der Waals surface area contributed by atoms with Gasteiger partial charge in [-0.3, -0.25) is 9.59 Å². The summed E-state index contributed by atoms with van der Waals surface area (Å²) in [6.45, 7) is 5.63. The molecule has 0 aromatic carbocycles. The van der Waals surface area contributed by atoms with E-state index >= 15 is 0 Å². The van der Waals surface area contributed by atoms with Crippen molar-refractivity contribution >= 4 is 11.8 Å². The molecule has 0 amide bonds. The van der Waals surface area contributed by atoms with Gasteiger partial charge < -0.3 is 14.2 Å². The quantitative estimate of drug-likeness (QED) is 0.500. The number of hydrogen-bond acceptors (Lipinski definition) is 5. The van der Waals surface area contributed by atoms with Crippen molar-refractivity contribution in [2.45, 2.75) is 82.7 Å². The monoisotopic (exact) mass is 338 g/mol. The number of ether oxygens (including phenoxy) is 3. The lowest BCUT2D eigenvalue weighted by Gasteiger charge is -2.42. The van der Waals surface area contributed by atoms with Crippen LogP contribution in [0.2, 0.25) is 0 Å². The van der Waals surface area contributed by atoms with Crippen LogP contribution in [-0.4, -0.2) is 36.9 Å². The fraction of sp³-hybridized carbons (Fsp3) is 0.789. The van der Waals surface area contributed by atoms with E-state index in [-0.39, 0.29) is 36.3 Å². The largest absolute Gasteiger partial charge is 0.469 e. The molecule has 1 heterocycles. The van der Waals surface area contributed by atoms with Crippen molar-refractivity contribution in [1.29, 1.82) is 0 Å². The Morgan fingerprint density at radius 3 is 2.58 bits per heavy atom. The number of rotatable bonds is 8. The van der Waals surface area contributed by atoms with Gasteiger partial charge in [-0.25, -0.2) is 0 Å². The zero-order chi connectivity index (χ0) is 17.6. The summed E-state index contributed by atoms with van der Waals surface area (Å²) in [5, 5.41) is 0. The van der Waals surface area contributed by atoms with Crippen molar-refractivity contribution in [2.24, 2.45) is 5.92 Å². The Morgan fingerprint density at radius 2 is 1.96 bits per heavy atom. The van der Waals surface area contributed by atoms with Crippen molar-refractivity contribution in [3.8, 4) is 0 Å². The second-order valence-corrected chi connectivity index (χ2v) is 7.04. The van der Waals surface area contributed by atoms with E-state index in [1.54, 1.807) is 6.08 Å². The number of esters is 1. The van der Waals surface area contributed by atoms with Gasteiger partial charge in [0.05, 0.1) is 25.7 Å². The number of carbonyl (C=O) groups excluding carboxylic acids is 2. The first-order valence-corrected chi connectivity index (χ1v) is 9.04. The lowest BCUT2D eigenvalue weighted by molar-refractivity contribution is -0.315. The summed E-state index contributed by atoms with van der Waals surface area (Å²) in [4.78, 5) is 23.8. The first-order chi connectivity index (χ1) is 11.5. The molecule has 0 aromatic heterocycles. The van der Waals surface area contributed by atoms with Crippen LogP contribution in [0.1, 0.15) is 64.7 Å². The van der Waals surface area contributed by atoms with E-state index in [4.69, 9.17) is 14.2 Å². The smallest absolute Gasteiger partial charge is 0.308 e. The molecule has 3 atom stereocenters. The van der Waals surface area contributed by atoms with Crippen LogP contribution in [0, 0.1) is 5.92 Å². The minimum absolute atomic E-state index is 0.00801. The number of allylic oxidation sites excluding steroid dienone is 1. The lowest BCUT2D eigenvalue weighted by Crippen LogP contribution is -2.47. The molecule has 5 heteroatoms. The molecule has 2 rings (SSSR count). The highest BCUT2D eigenvalue weighted by Crippen LogP contribution is 2.42.